The molecule has 0 aliphatic rings. The quantitative estimate of drug-likeness (QED) is 0.515. The van der Waals surface area contributed by atoms with Crippen LogP contribution in [0.15, 0.2) is 11.3 Å². The van der Waals surface area contributed by atoms with E-state index in [1.165, 1.54) is 7.11 Å². The Morgan fingerprint density at radius 1 is 1.07 bits per heavy atom. The molecule has 0 aliphatic heterocycles. The first kappa shape index (κ1) is 13.5. The highest BCUT2D eigenvalue weighted by Crippen LogP contribution is 2.36. The van der Waals surface area contributed by atoms with Crippen molar-refractivity contribution >= 4 is 0 Å². The summed E-state index contributed by atoms with van der Waals surface area (Å²) in [4.78, 5) is 0. The van der Waals surface area contributed by atoms with E-state index in [4.69, 9.17) is 15.3 Å². The van der Waals surface area contributed by atoms with Crippen molar-refractivity contribution in [2.75, 3.05) is 7.11 Å². The van der Waals surface area contributed by atoms with E-state index in [1.54, 1.807) is 13.8 Å². The maximum absolute atomic E-state index is 9.12. The molecular formula is C12H18N2O. The molecule has 0 N–H and O–H groups in total. The first-order valence-electron chi connectivity index (χ1n) is 4.81. The van der Waals surface area contributed by atoms with E-state index in [-0.39, 0.29) is 5.41 Å². The molecule has 3 nitrogen and oxygen atoms in total. The van der Waals surface area contributed by atoms with Gasteiger partial charge in [-0.1, -0.05) is 20.8 Å². The molecule has 0 saturated heterocycles. The van der Waals surface area contributed by atoms with Gasteiger partial charge in [0, 0.05) is 5.41 Å². The van der Waals surface area contributed by atoms with Gasteiger partial charge >= 0.3 is 0 Å². The second-order valence-corrected chi connectivity index (χ2v) is 5.01. The van der Waals surface area contributed by atoms with Crippen molar-refractivity contribution in [2.45, 2.75) is 34.6 Å². The molecule has 82 valence electrons. The van der Waals surface area contributed by atoms with E-state index in [0.717, 1.165) is 0 Å². The summed E-state index contributed by atoms with van der Waals surface area (Å²) in [6.45, 7) is 9.28. The number of ether oxygens (including phenoxy) is 1. The number of rotatable bonds is 2. The number of nitriles is 2. The second kappa shape index (κ2) is 4.36. The summed E-state index contributed by atoms with van der Waals surface area (Å²) in [5, 5.41) is 18.2. The third kappa shape index (κ3) is 2.99. The zero-order valence-electron chi connectivity index (χ0n) is 10.3. The highest BCUT2D eigenvalue weighted by atomic mass is 16.5. The lowest BCUT2D eigenvalue weighted by Crippen LogP contribution is -2.21. The zero-order chi connectivity index (χ0) is 12.3. The summed E-state index contributed by atoms with van der Waals surface area (Å²) in [6.07, 6.45) is 0. The average Bonchev–Trinajstić information content (AvgIpc) is 2.11. The first-order chi connectivity index (χ1) is 6.70. The van der Waals surface area contributed by atoms with E-state index in [0.29, 0.717) is 11.3 Å². The van der Waals surface area contributed by atoms with Crippen LogP contribution in [0.3, 0.4) is 0 Å². The van der Waals surface area contributed by atoms with Gasteiger partial charge in [-0.25, -0.2) is 0 Å². The minimum atomic E-state index is -0.771. The molecule has 0 bridgehead atoms. The second-order valence-electron chi connectivity index (χ2n) is 5.01. The molecule has 0 rings (SSSR count). The van der Waals surface area contributed by atoms with Gasteiger partial charge in [-0.3, -0.25) is 0 Å². The Balaban J connectivity index is 5.74. The van der Waals surface area contributed by atoms with Crippen LogP contribution in [0.5, 0.6) is 0 Å². The van der Waals surface area contributed by atoms with E-state index >= 15 is 0 Å². The summed E-state index contributed by atoms with van der Waals surface area (Å²) in [6, 6.07) is 4.28. The minimum absolute atomic E-state index is 0.311. The lowest BCUT2D eigenvalue weighted by molar-refractivity contribution is 0.214. The topological polar surface area (TPSA) is 56.8 Å². The number of hydrogen-bond donors (Lipinski definition) is 0. The highest BCUT2D eigenvalue weighted by molar-refractivity contribution is 5.35. The van der Waals surface area contributed by atoms with Gasteiger partial charge in [-0.15, -0.1) is 0 Å². The standard InChI is InChI=1S/C12H18N2O/c1-11(2,3)9(7-13)10(15-6)12(4,5)8-14/h1-6H3/b10-9+. The van der Waals surface area contributed by atoms with Gasteiger partial charge < -0.3 is 4.74 Å². The summed E-state index contributed by atoms with van der Waals surface area (Å²) < 4.78 is 5.22. The Morgan fingerprint density at radius 3 is 1.73 bits per heavy atom. The maximum atomic E-state index is 9.12. The zero-order valence-corrected chi connectivity index (χ0v) is 10.3. The van der Waals surface area contributed by atoms with Gasteiger partial charge in [0.05, 0.1) is 24.8 Å². The molecule has 0 heterocycles. The molecule has 0 aliphatic carbocycles. The van der Waals surface area contributed by atoms with Gasteiger partial charge in [0.1, 0.15) is 11.2 Å². The Bertz CT molecular complexity index is 345. The Labute approximate surface area is 92.0 Å². The Hall–Kier alpha value is -1.48. The lowest BCUT2D eigenvalue weighted by Gasteiger charge is -2.26. The van der Waals surface area contributed by atoms with E-state index in [9.17, 15) is 0 Å². The number of hydrogen-bond acceptors (Lipinski definition) is 3. The number of nitrogens with zero attached hydrogens (tertiary/aromatic N) is 2. The van der Waals surface area contributed by atoms with E-state index in [1.807, 2.05) is 20.8 Å². The van der Waals surface area contributed by atoms with Crippen molar-refractivity contribution in [3.05, 3.63) is 11.3 Å². The van der Waals surface area contributed by atoms with Crippen LogP contribution in [0.4, 0.5) is 0 Å². The van der Waals surface area contributed by atoms with Crippen molar-refractivity contribution in [1.29, 1.82) is 10.5 Å². The third-order valence-corrected chi connectivity index (χ3v) is 2.14. The van der Waals surface area contributed by atoms with Crippen LogP contribution in [-0.4, -0.2) is 7.11 Å². The summed E-state index contributed by atoms with van der Waals surface area (Å²) in [5.41, 5.74) is -0.557. The molecule has 0 fully saturated rings. The summed E-state index contributed by atoms with van der Waals surface area (Å²) in [5.74, 6) is 0.458. The van der Waals surface area contributed by atoms with Crippen molar-refractivity contribution in [1.82, 2.24) is 0 Å². The van der Waals surface area contributed by atoms with Crippen LogP contribution in [0, 0.1) is 33.5 Å². The van der Waals surface area contributed by atoms with Crippen LogP contribution < -0.4 is 0 Å². The maximum Gasteiger partial charge on any atom is 0.129 e. The van der Waals surface area contributed by atoms with Gasteiger partial charge in [0.2, 0.25) is 0 Å². The van der Waals surface area contributed by atoms with Crippen molar-refractivity contribution in [2.24, 2.45) is 10.8 Å². The van der Waals surface area contributed by atoms with Crippen molar-refractivity contribution < 1.29 is 4.74 Å². The molecule has 3 heteroatoms. The molecule has 0 aromatic heterocycles. The monoisotopic (exact) mass is 206 g/mol. The predicted molar refractivity (Wildman–Crippen MR) is 58.5 cm³/mol. The predicted octanol–water partition coefficient (Wildman–Crippen LogP) is 3.01. The Kier molecular flexibility index (Phi) is 3.93. The highest BCUT2D eigenvalue weighted by Gasteiger charge is 2.32. The molecule has 0 saturated carbocycles. The minimum Gasteiger partial charge on any atom is -0.498 e. The fourth-order valence-electron chi connectivity index (χ4n) is 1.28. The number of methoxy groups -OCH3 is 1. The lowest BCUT2D eigenvalue weighted by atomic mass is 9.80. The molecule has 0 aromatic carbocycles. The van der Waals surface area contributed by atoms with E-state index in [2.05, 4.69) is 12.1 Å². The van der Waals surface area contributed by atoms with E-state index < -0.39 is 5.41 Å². The third-order valence-electron chi connectivity index (χ3n) is 2.14. The molecule has 0 unspecified atom stereocenters. The van der Waals surface area contributed by atoms with Crippen LogP contribution in [0.2, 0.25) is 0 Å². The molecule has 0 spiro atoms. The number of allylic oxidation sites excluding steroid dienone is 2. The van der Waals surface area contributed by atoms with Gasteiger partial charge in [-0.2, -0.15) is 10.5 Å². The Morgan fingerprint density at radius 2 is 1.53 bits per heavy atom. The van der Waals surface area contributed by atoms with Crippen molar-refractivity contribution in [3.8, 4) is 12.1 Å². The smallest absolute Gasteiger partial charge is 0.129 e. The molecular weight excluding hydrogens is 188 g/mol. The van der Waals surface area contributed by atoms with Gasteiger partial charge in [-0.05, 0) is 13.8 Å². The SMILES string of the molecule is CO/C(=C(\C#N)C(C)(C)C)C(C)(C)C#N. The van der Waals surface area contributed by atoms with Crippen LogP contribution in [0.1, 0.15) is 34.6 Å². The van der Waals surface area contributed by atoms with Gasteiger partial charge in [0.25, 0.3) is 0 Å². The van der Waals surface area contributed by atoms with Crippen LogP contribution in [-0.2, 0) is 4.74 Å². The molecule has 15 heavy (non-hydrogen) atoms. The van der Waals surface area contributed by atoms with Crippen LogP contribution in [0.25, 0.3) is 0 Å². The molecule has 0 radical (unpaired) electrons. The molecule has 0 aromatic rings. The summed E-state index contributed by atoms with van der Waals surface area (Å²) >= 11 is 0. The largest absolute Gasteiger partial charge is 0.498 e. The average molecular weight is 206 g/mol. The van der Waals surface area contributed by atoms with Gasteiger partial charge in [0.15, 0.2) is 0 Å². The summed E-state index contributed by atoms with van der Waals surface area (Å²) in [7, 11) is 1.50. The van der Waals surface area contributed by atoms with Crippen LogP contribution >= 0.6 is 0 Å². The first-order valence-corrected chi connectivity index (χ1v) is 4.81. The normalized spacial score (nSPS) is 13.6. The fraction of sp³-hybridized carbons (Fsp3) is 0.667. The molecule has 0 amide bonds. The van der Waals surface area contributed by atoms with Crippen molar-refractivity contribution in [3.63, 3.8) is 0 Å². The fourth-order valence-corrected chi connectivity index (χ4v) is 1.28. The molecule has 0 atom stereocenters.